The lowest BCUT2D eigenvalue weighted by Gasteiger charge is -2.20. The van der Waals surface area contributed by atoms with Crippen LogP contribution in [0.1, 0.15) is 51.4 Å². The van der Waals surface area contributed by atoms with Crippen LogP contribution in [0.5, 0.6) is 5.75 Å². The van der Waals surface area contributed by atoms with Crippen LogP contribution >= 0.6 is 0 Å². The van der Waals surface area contributed by atoms with Crippen molar-refractivity contribution in [3.05, 3.63) is 24.3 Å². The number of aliphatic carboxylic acids is 1. The van der Waals surface area contributed by atoms with Crippen LogP contribution in [0.25, 0.3) is 0 Å². The van der Waals surface area contributed by atoms with E-state index in [0.717, 1.165) is 18.5 Å². The first kappa shape index (κ1) is 17.3. The summed E-state index contributed by atoms with van der Waals surface area (Å²) in [6, 6.07) is 7.20. The number of carbonyl (C=O) groups is 2. The lowest BCUT2D eigenvalue weighted by molar-refractivity contribution is -0.137. The molecule has 0 aromatic heterocycles. The van der Waals surface area contributed by atoms with Crippen LogP contribution < -0.4 is 10.1 Å². The van der Waals surface area contributed by atoms with E-state index in [0.29, 0.717) is 31.1 Å². The molecule has 0 spiro atoms. The summed E-state index contributed by atoms with van der Waals surface area (Å²) in [5.74, 6) is 0.470. The highest BCUT2D eigenvalue weighted by Crippen LogP contribution is 2.26. The molecule has 1 amide bonds. The SMILES string of the molecule is O=C(O)CCCOc1ccc(NC(=O)CC2CCCCC2)cc1. The number of carbonyl (C=O) groups excluding carboxylic acids is 1. The number of benzene rings is 1. The molecule has 0 unspecified atom stereocenters. The van der Waals surface area contributed by atoms with Gasteiger partial charge < -0.3 is 15.2 Å². The number of hydrogen-bond donors (Lipinski definition) is 2. The van der Waals surface area contributed by atoms with Crippen molar-refractivity contribution in [2.45, 2.75) is 51.4 Å². The van der Waals surface area contributed by atoms with E-state index in [4.69, 9.17) is 9.84 Å². The third-order valence-corrected chi connectivity index (χ3v) is 4.14. The Morgan fingerprint density at radius 3 is 2.48 bits per heavy atom. The molecule has 5 heteroatoms. The molecule has 1 aliphatic carbocycles. The number of anilines is 1. The minimum atomic E-state index is -0.815. The molecule has 1 aliphatic rings. The Morgan fingerprint density at radius 1 is 1.13 bits per heavy atom. The number of amides is 1. The topological polar surface area (TPSA) is 75.6 Å². The molecular weight excluding hydrogens is 294 g/mol. The van der Waals surface area contributed by atoms with Crippen molar-refractivity contribution in [2.75, 3.05) is 11.9 Å². The summed E-state index contributed by atoms with van der Waals surface area (Å²) < 4.78 is 5.46. The van der Waals surface area contributed by atoms with Crippen LogP contribution in [-0.2, 0) is 9.59 Å². The molecule has 2 rings (SSSR count). The van der Waals surface area contributed by atoms with E-state index in [1.54, 1.807) is 12.1 Å². The van der Waals surface area contributed by atoms with Gasteiger partial charge in [-0.15, -0.1) is 0 Å². The third-order valence-electron chi connectivity index (χ3n) is 4.14. The van der Waals surface area contributed by atoms with E-state index in [1.807, 2.05) is 12.1 Å². The van der Waals surface area contributed by atoms with Crippen LogP contribution in [0.4, 0.5) is 5.69 Å². The van der Waals surface area contributed by atoms with Gasteiger partial charge in [-0.05, 0) is 49.4 Å². The summed E-state index contributed by atoms with van der Waals surface area (Å²) in [5.41, 5.74) is 0.767. The Labute approximate surface area is 137 Å². The predicted molar refractivity (Wildman–Crippen MR) is 88.6 cm³/mol. The van der Waals surface area contributed by atoms with Crippen molar-refractivity contribution >= 4 is 17.6 Å². The Hall–Kier alpha value is -2.04. The molecule has 0 radical (unpaired) electrons. The van der Waals surface area contributed by atoms with Crippen LogP contribution in [-0.4, -0.2) is 23.6 Å². The van der Waals surface area contributed by atoms with E-state index < -0.39 is 5.97 Å². The quantitative estimate of drug-likeness (QED) is 0.714. The van der Waals surface area contributed by atoms with Gasteiger partial charge in [-0.2, -0.15) is 0 Å². The number of rotatable bonds is 8. The maximum absolute atomic E-state index is 12.0. The summed E-state index contributed by atoms with van der Waals surface area (Å²) in [6.07, 6.45) is 7.30. The Morgan fingerprint density at radius 2 is 1.83 bits per heavy atom. The monoisotopic (exact) mass is 319 g/mol. The van der Waals surface area contributed by atoms with Crippen LogP contribution in [0.3, 0.4) is 0 Å². The predicted octanol–water partition coefficient (Wildman–Crippen LogP) is 3.84. The fourth-order valence-corrected chi connectivity index (χ4v) is 2.91. The van der Waals surface area contributed by atoms with Gasteiger partial charge in [-0.25, -0.2) is 0 Å². The van der Waals surface area contributed by atoms with Crippen LogP contribution in [0.2, 0.25) is 0 Å². The first-order chi connectivity index (χ1) is 11.1. The van der Waals surface area contributed by atoms with E-state index in [1.165, 1.54) is 19.3 Å². The van der Waals surface area contributed by atoms with Gasteiger partial charge in [-0.3, -0.25) is 9.59 Å². The molecule has 1 aromatic carbocycles. The molecule has 5 nitrogen and oxygen atoms in total. The molecular formula is C18H25NO4. The highest BCUT2D eigenvalue weighted by atomic mass is 16.5. The van der Waals surface area contributed by atoms with Crippen molar-refractivity contribution in [1.82, 2.24) is 0 Å². The fraction of sp³-hybridized carbons (Fsp3) is 0.556. The number of carboxylic acids is 1. The molecule has 1 fully saturated rings. The largest absolute Gasteiger partial charge is 0.494 e. The summed E-state index contributed by atoms with van der Waals surface area (Å²) in [5, 5.41) is 11.5. The van der Waals surface area contributed by atoms with Crippen LogP contribution in [0.15, 0.2) is 24.3 Å². The van der Waals surface area contributed by atoms with Gasteiger partial charge in [0.25, 0.3) is 0 Å². The maximum atomic E-state index is 12.0. The number of carboxylic acid groups (broad SMARTS) is 1. The lowest BCUT2D eigenvalue weighted by Crippen LogP contribution is -2.18. The van der Waals surface area contributed by atoms with Gasteiger partial charge in [-0.1, -0.05) is 19.3 Å². The number of ether oxygens (including phenoxy) is 1. The number of nitrogens with one attached hydrogen (secondary N) is 1. The molecule has 2 N–H and O–H groups in total. The van der Waals surface area contributed by atoms with Gasteiger partial charge in [0.15, 0.2) is 0 Å². The average molecular weight is 319 g/mol. The summed E-state index contributed by atoms with van der Waals surface area (Å²) in [6.45, 7) is 0.375. The summed E-state index contributed by atoms with van der Waals surface area (Å²) >= 11 is 0. The van der Waals surface area contributed by atoms with Crippen molar-refractivity contribution < 1.29 is 19.4 Å². The van der Waals surface area contributed by atoms with Gasteiger partial charge in [0, 0.05) is 18.5 Å². The van der Waals surface area contributed by atoms with E-state index in [-0.39, 0.29) is 12.3 Å². The minimum Gasteiger partial charge on any atom is -0.494 e. The molecule has 1 saturated carbocycles. The molecule has 1 aromatic rings. The zero-order chi connectivity index (χ0) is 16.5. The zero-order valence-corrected chi connectivity index (χ0v) is 13.4. The zero-order valence-electron chi connectivity index (χ0n) is 13.4. The Kier molecular flexibility index (Phi) is 6.91. The molecule has 0 saturated heterocycles. The Balaban J connectivity index is 1.71. The van der Waals surface area contributed by atoms with Gasteiger partial charge in [0.2, 0.25) is 5.91 Å². The summed E-state index contributed by atoms with van der Waals surface area (Å²) in [7, 11) is 0. The van der Waals surface area contributed by atoms with Crippen molar-refractivity contribution in [1.29, 1.82) is 0 Å². The fourth-order valence-electron chi connectivity index (χ4n) is 2.91. The van der Waals surface area contributed by atoms with Crippen LogP contribution in [0, 0.1) is 5.92 Å². The van der Waals surface area contributed by atoms with Gasteiger partial charge >= 0.3 is 5.97 Å². The van der Waals surface area contributed by atoms with E-state index in [2.05, 4.69) is 5.32 Å². The first-order valence-electron chi connectivity index (χ1n) is 8.38. The van der Waals surface area contributed by atoms with Crippen molar-refractivity contribution in [3.8, 4) is 5.75 Å². The molecule has 0 bridgehead atoms. The highest BCUT2D eigenvalue weighted by molar-refractivity contribution is 5.90. The molecule has 0 heterocycles. The summed E-state index contributed by atoms with van der Waals surface area (Å²) in [4.78, 5) is 22.4. The normalized spacial score (nSPS) is 15.1. The van der Waals surface area contributed by atoms with E-state index in [9.17, 15) is 9.59 Å². The first-order valence-corrected chi connectivity index (χ1v) is 8.38. The van der Waals surface area contributed by atoms with Gasteiger partial charge in [0.1, 0.15) is 5.75 Å². The second kappa shape index (κ2) is 9.18. The smallest absolute Gasteiger partial charge is 0.303 e. The van der Waals surface area contributed by atoms with Gasteiger partial charge in [0.05, 0.1) is 6.61 Å². The minimum absolute atomic E-state index is 0.0760. The molecule has 23 heavy (non-hydrogen) atoms. The third kappa shape index (κ3) is 6.72. The second-order valence-electron chi connectivity index (χ2n) is 6.13. The maximum Gasteiger partial charge on any atom is 0.303 e. The van der Waals surface area contributed by atoms with Crippen molar-refractivity contribution in [3.63, 3.8) is 0 Å². The lowest BCUT2D eigenvalue weighted by atomic mass is 9.87. The number of hydrogen-bond acceptors (Lipinski definition) is 3. The molecule has 0 atom stereocenters. The highest BCUT2D eigenvalue weighted by Gasteiger charge is 2.16. The van der Waals surface area contributed by atoms with Crippen molar-refractivity contribution in [2.24, 2.45) is 5.92 Å². The average Bonchev–Trinajstić information content (AvgIpc) is 2.54. The van der Waals surface area contributed by atoms with E-state index >= 15 is 0 Å². The molecule has 126 valence electrons. The Bertz CT molecular complexity index is 506. The standard InChI is InChI=1S/C18H25NO4/c20-17(13-14-5-2-1-3-6-14)19-15-8-10-16(11-9-15)23-12-4-7-18(21)22/h8-11,14H,1-7,12-13H2,(H,19,20)(H,21,22). The molecule has 0 aliphatic heterocycles. The second-order valence-corrected chi connectivity index (χ2v) is 6.13.